The monoisotopic (exact) mass is 224 g/mol. The first kappa shape index (κ1) is 14.1. The standard InChI is InChI=1S/C9H10N2O3.C2H6/c1-6(9(10)12)7-4-2-3-5-8(7)11(13)14;1-2/h2-6H,1H3,(H2,10,12);1-2H3. The molecule has 0 aliphatic carbocycles. The van der Waals surface area contributed by atoms with E-state index in [-0.39, 0.29) is 5.69 Å². The van der Waals surface area contributed by atoms with E-state index in [4.69, 9.17) is 5.73 Å². The summed E-state index contributed by atoms with van der Waals surface area (Å²) in [4.78, 5) is 21.0. The molecule has 1 aromatic rings. The first-order chi connectivity index (χ1) is 7.54. The van der Waals surface area contributed by atoms with E-state index in [1.807, 2.05) is 13.8 Å². The molecular formula is C11H16N2O3. The first-order valence-corrected chi connectivity index (χ1v) is 5.06. The Morgan fingerprint density at radius 1 is 1.38 bits per heavy atom. The molecule has 88 valence electrons. The van der Waals surface area contributed by atoms with Gasteiger partial charge in [-0.3, -0.25) is 14.9 Å². The van der Waals surface area contributed by atoms with Crippen LogP contribution < -0.4 is 5.73 Å². The van der Waals surface area contributed by atoms with Gasteiger partial charge in [-0.15, -0.1) is 0 Å². The molecule has 0 saturated heterocycles. The summed E-state index contributed by atoms with van der Waals surface area (Å²) in [5.74, 6) is -1.21. The highest BCUT2D eigenvalue weighted by Crippen LogP contribution is 2.25. The predicted octanol–water partition coefficient (Wildman–Crippen LogP) is 2.21. The van der Waals surface area contributed by atoms with Gasteiger partial charge >= 0.3 is 0 Å². The number of carbonyl (C=O) groups excluding carboxylic acids is 1. The van der Waals surface area contributed by atoms with Crippen molar-refractivity contribution >= 4 is 11.6 Å². The summed E-state index contributed by atoms with van der Waals surface area (Å²) in [5.41, 5.74) is 5.36. The number of amides is 1. The zero-order chi connectivity index (χ0) is 12.7. The van der Waals surface area contributed by atoms with Crippen LogP contribution in [0.25, 0.3) is 0 Å². The van der Waals surface area contributed by atoms with Gasteiger partial charge in [0.25, 0.3) is 5.69 Å². The van der Waals surface area contributed by atoms with Crippen molar-refractivity contribution in [1.29, 1.82) is 0 Å². The Morgan fingerprint density at radius 2 is 1.88 bits per heavy atom. The molecule has 0 aromatic heterocycles. The fourth-order valence-electron chi connectivity index (χ4n) is 1.17. The lowest BCUT2D eigenvalue weighted by Gasteiger charge is -2.07. The van der Waals surface area contributed by atoms with Gasteiger partial charge in [-0.25, -0.2) is 0 Å². The average Bonchev–Trinajstić information content (AvgIpc) is 2.30. The number of nitrogens with zero attached hydrogens (tertiary/aromatic N) is 1. The molecule has 1 atom stereocenters. The number of hydrogen-bond donors (Lipinski definition) is 1. The van der Waals surface area contributed by atoms with Crippen molar-refractivity contribution in [2.45, 2.75) is 26.7 Å². The minimum atomic E-state index is -0.642. The van der Waals surface area contributed by atoms with Crippen LogP contribution in [0.5, 0.6) is 0 Å². The van der Waals surface area contributed by atoms with Gasteiger partial charge in [-0.2, -0.15) is 0 Å². The van der Waals surface area contributed by atoms with E-state index in [1.165, 1.54) is 12.1 Å². The highest BCUT2D eigenvalue weighted by Gasteiger charge is 2.21. The quantitative estimate of drug-likeness (QED) is 0.630. The van der Waals surface area contributed by atoms with Crippen molar-refractivity contribution in [2.75, 3.05) is 0 Å². The van der Waals surface area contributed by atoms with Crippen LogP contribution in [0.4, 0.5) is 5.69 Å². The Balaban J connectivity index is 0.00000106. The summed E-state index contributed by atoms with van der Waals surface area (Å²) in [5, 5.41) is 10.6. The van der Waals surface area contributed by atoms with E-state index >= 15 is 0 Å². The lowest BCUT2D eigenvalue weighted by Crippen LogP contribution is -2.19. The normalized spacial score (nSPS) is 10.9. The molecule has 0 aliphatic heterocycles. The molecule has 0 aliphatic rings. The maximum atomic E-state index is 10.9. The molecule has 0 bridgehead atoms. The number of para-hydroxylation sites is 1. The lowest BCUT2D eigenvalue weighted by atomic mass is 9.99. The zero-order valence-electron chi connectivity index (χ0n) is 9.64. The third kappa shape index (κ3) is 3.34. The molecule has 16 heavy (non-hydrogen) atoms. The van der Waals surface area contributed by atoms with E-state index in [9.17, 15) is 14.9 Å². The first-order valence-electron chi connectivity index (χ1n) is 5.06. The molecule has 0 spiro atoms. The van der Waals surface area contributed by atoms with Crippen LogP contribution in [-0.4, -0.2) is 10.8 Å². The third-order valence-electron chi connectivity index (χ3n) is 2.03. The van der Waals surface area contributed by atoms with E-state index in [0.717, 1.165) is 0 Å². The fraction of sp³-hybridized carbons (Fsp3) is 0.364. The Morgan fingerprint density at radius 3 is 2.31 bits per heavy atom. The van der Waals surface area contributed by atoms with Gasteiger partial charge in [-0.1, -0.05) is 32.0 Å². The van der Waals surface area contributed by atoms with Crippen LogP contribution in [0, 0.1) is 10.1 Å². The SMILES string of the molecule is CC.CC(C(N)=O)c1ccccc1[N+](=O)[O-]. The molecule has 1 aromatic carbocycles. The van der Waals surface area contributed by atoms with Crippen molar-refractivity contribution in [3.63, 3.8) is 0 Å². The van der Waals surface area contributed by atoms with Crippen LogP contribution in [-0.2, 0) is 4.79 Å². The van der Waals surface area contributed by atoms with Gasteiger partial charge in [0.1, 0.15) is 0 Å². The van der Waals surface area contributed by atoms with Crippen LogP contribution >= 0.6 is 0 Å². The third-order valence-corrected chi connectivity index (χ3v) is 2.03. The summed E-state index contributed by atoms with van der Waals surface area (Å²) < 4.78 is 0. The fourth-order valence-corrected chi connectivity index (χ4v) is 1.17. The summed E-state index contributed by atoms with van der Waals surface area (Å²) in [7, 11) is 0. The van der Waals surface area contributed by atoms with Crippen LogP contribution in [0.3, 0.4) is 0 Å². The number of nitrogens with two attached hydrogens (primary N) is 1. The number of benzene rings is 1. The number of hydrogen-bond acceptors (Lipinski definition) is 3. The number of carbonyl (C=O) groups is 1. The minimum Gasteiger partial charge on any atom is -0.369 e. The second-order valence-electron chi connectivity index (χ2n) is 2.94. The van der Waals surface area contributed by atoms with E-state index in [1.54, 1.807) is 19.1 Å². The summed E-state index contributed by atoms with van der Waals surface area (Å²) >= 11 is 0. The van der Waals surface area contributed by atoms with E-state index in [0.29, 0.717) is 5.56 Å². The number of nitro benzene ring substituents is 1. The second-order valence-corrected chi connectivity index (χ2v) is 2.94. The Bertz CT molecular complexity index is 377. The summed E-state index contributed by atoms with van der Waals surface area (Å²) in [6.07, 6.45) is 0. The van der Waals surface area contributed by atoms with Crippen molar-refractivity contribution in [1.82, 2.24) is 0 Å². The van der Waals surface area contributed by atoms with E-state index < -0.39 is 16.7 Å². The van der Waals surface area contributed by atoms with E-state index in [2.05, 4.69) is 0 Å². The number of primary amides is 1. The summed E-state index contributed by atoms with van der Waals surface area (Å²) in [6.45, 7) is 5.55. The number of nitro groups is 1. The second kappa shape index (κ2) is 6.55. The lowest BCUT2D eigenvalue weighted by molar-refractivity contribution is -0.385. The molecule has 0 radical (unpaired) electrons. The molecule has 2 N–H and O–H groups in total. The maximum Gasteiger partial charge on any atom is 0.273 e. The van der Waals surface area contributed by atoms with Crippen LogP contribution in [0.15, 0.2) is 24.3 Å². The van der Waals surface area contributed by atoms with Crippen LogP contribution in [0.1, 0.15) is 32.3 Å². The largest absolute Gasteiger partial charge is 0.369 e. The molecule has 1 rings (SSSR count). The molecule has 0 saturated carbocycles. The molecule has 1 amide bonds. The van der Waals surface area contributed by atoms with Gasteiger partial charge in [0.15, 0.2) is 0 Å². The topological polar surface area (TPSA) is 86.2 Å². The molecule has 5 nitrogen and oxygen atoms in total. The Kier molecular flexibility index (Phi) is 5.77. The van der Waals surface area contributed by atoms with Crippen molar-refractivity contribution in [3.05, 3.63) is 39.9 Å². The Labute approximate surface area is 94.4 Å². The number of rotatable bonds is 3. The molecule has 5 heteroatoms. The molecule has 1 unspecified atom stereocenters. The van der Waals surface area contributed by atoms with Gasteiger partial charge in [0.05, 0.1) is 10.8 Å². The zero-order valence-corrected chi connectivity index (χ0v) is 9.64. The van der Waals surface area contributed by atoms with Crippen molar-refractivity contribution < 1.29 is 9.72 Å². The maximum absolute atomic E-state index is 10.9. The van der Waals surface area contributed by atoms with Gasteiger partial charge in [0, 0.05) is 11.6 Å². The average molecular weight is 224 g/mol. The smallest absolute Gasteiger partial charge is 0.273 e. The van der Waals surface area contributed by atoms with Crippen molar-refractivity contribution in [2.24, 2.45) is 5.73 Å². The van der Waals surface area contributed by atoms with Gasteiger partial charge in [-0.05, 0) is 6.92 Å². The minimum absolute atomic E-state index is 0.0706. The highest BCUT2D eigenvalue weighted by molar-refractivity contribution is 5.82. The molecule has 0 fully saturated rings. The van der Waals surface area contributed by atoms with Gasteiger partial charge < -0.3 is 5.73 Å². The molecule has 0 heterocycles. The highest BCUT2D eigenvalue weighted by atomic mass is 16.6. The van der Waals surface area contributed by atoms with Crippen LogP contribution in [0.2, 0.25) is 0 Å². The van der Waals surface area contributed by atoms with Gasteiger partial charge in [0.2, 0.25) is 5.91 Å². The molecular weight excluding hydrogens is 208 g/mol. The Hall–Kier alpha value is -1.91. The van der Waals surface area contributed by atoms with Crippen molar-refractivity contribution in [3.8, 4) is 0 Å². The summed E-state index contributed by atoms with van der Waals surface area (Å²) in [6, 6.07) is 6.08. The predicted molar refractivity (Wildman–Crippen MR) is 62.1 cm³/mol.